The molecule has 7 rings (SSSR count). The number of anilines is 3. The van der Waals surface area contributed by atoms with Crippen molar-refractivity contribution < 1.29 is 14.3 Å². The van der Waals surface area contributed by atoms with E-state index in [4.69, 9.17) is 14.8 Å². The van der Waals surface area contributed by atoms with Crippen LogP contribution in [0, 0.1) is 0 Å². The van der Waals surface area contributed by atoms with Crippen LogP contribution in [-0.2, 0) is 11.3 Å². The molecule has 2 fully saturated rings. The van der Waals surface area contributed by atoms with Crippen LogP contribution in [-0.4, -0.2) is 72.4 Å². The number of aromatic nitrogens is 5. The quantitative estimate of drug-likeness (QED) is 0.257. The summed E-state index contributed by atoms with van der Waals surface area (Å²) in [7, 11) is 0. The lowest BCUT2D eigenvalue weighted by molar-refractivity contribution is 0.0214. The lowest BCUT2D eigenvalue weighted by Crippen LogP contribution is -2.50. The standard InChI is InChI=1S/C34H35N9O3/c1-34(2,3)46-33(45)42-21-25-16-26(42)20-41(25)30-17-24(11-12-37-30)43-28-15-23(32(44)38-18-22-7-5-4-6-8-22)9-10-27(28)31(40-43)39-29-19-35-13-14-36-29/h4-15,17,19,25-26H,16,18,20-21H2,1-3H3,(H,38,44)(H,36,39,40)/t25-,26-/m0/s1. The Hall–Kier alpha value is -5.52. The number of nitrogens with one attached hydrogen (secondary N) is 2. The summed E-state index contributed by atoms with van der Waals surface area (Å²) in [5.74, 6) is 1.76. The highest BCUT2D eigenvalue weighted by atomic mass is 16.6. The minimum absolute atomic E-state index is 0.0654. The number of carbonyl (C=O) groups is 2. The molecule has 2 bridgehead atoms. The zero-order valence-electron chi connectivity index (χ0n) is 25.9. The van der Waals surface area contributed by atoms with Crippen LogP contribution in [0.4, 0.5) is 22.2 Å². The Morgan fingerprint density at radius 2 is 1.80 bits per heavy atom. The average molecular weight is 618 g/mol. The zero-order valence-corrected chi connectivity index (χ0v) is 25.9. The van der Waals surface area contributed by atoms with Crippen LogP contribution in [0.1, 0.15) is 43.1 Å². The molecule has 5 heterocycles. The number of pyridine rings is 1. The number of benzene rings is 2. The number of hydrogen-bond acceptors (Lipinski definition) is 9. The lowest BCUT2D eigenvalue weighted by Gasteiger charge is -2.35. The van der Waals surface area contributed by atoms with Gasteiger partial charge in [-0.2, -0.15) is 0 Å². The van der Waals surface area contributed by atoms with Crippen LogP contribution in [0.25, 0.3) is 16.6 Å². The molecule has 12 heteroatoms. The topological polar surface area (TPSA) is 130 Å². The molecule has 0 aliphatic carbocycles. The van der Waals surface area contributed by atoms with E-state index in [0.29, 0.717) is 36.8 Å². The average Bonchev–Trinajstić information content (AvgIpc) is 3.77. The monoisotopic (exact) mass is 617 g/mol. The number of likely N-dealkylation sites (tertiary alicyclic amines) is 1. The SMILES string of the molecule is CC(C)(C)OC(=O)N1C[C@@H]2C[C@H]1CN2c1cc(-n2nc(Nc3cnccn3)c3ccc(C(=O)NCc4ccccc4)cc32)ccn1. The third-order valence-electron chi connectivity index (χ3n) is 8.19. The molecule has 234 valence electrons. The van der Waals surface area contributed by atoms with Crippen LogP contribution in [0.2, 0.25) is 0 Å². The molecule has 2 amide bonds. The summed E-state index contributed by atoms with van der Waals surface area (Å²) < 4.78 is 7.45. The fraction of sp³-hybridized carbons (Fsp3) is 0.294. The van der Waals surface area contributed by atoms with E-state index in [1.54, 1.807) is 30.9 Å². The van der Waals surface area contributed by atoms with Crippen LogP contribution >= 0.6 is 0 Å². The highest BCUT2D eigenvalue weighted by Gasteiger charge is 2.47. The van der Waals surface area contributed by atoms with Crippen molar-refractivity contribution in [2.24, 2.45) is 0 Å². The van der Waals surface area contributed by atoms with Gasteiger partial charge in [0.1, 0.15) is 17.2 Å². The second-order valence-electron chi connectivity index (χ2n) is 12.6. The maximum atomic E-state index is 13.2. The van der Waals surface area contributed by atoms with Gasteiger partial charge < -0.3 is 25.2 Å². The second-order valence-corrected chi connectivity index (χ2v) is 12.6. The van der Waals surface area contributed by atoms with E-state index in [1.807, 2.05) is 85.0 Å². The van der Waals surface area contributed by atoms with Crippen molar-refractivity contribution in [3.8, 4) is 5.69 Å². The van der Waals surface area contributed by atoms with Gasteiger partial charge in [0.2, 0.25) is 0 Å². The molecule has 0 unspecified atom stereocenters. The molecule has 12 nitrogen and oxygen atoms in total. The van der Waals surface area contributed by atoms with Crippen molar-refractivity contribution in [3.05, 3.63) is 96.6 Å². The Bertz CT molecular complexity index is 1890. The predicted molar refractivity (Wildman–Crippen MR) is 174 cm³/mol. The first kappa shape index (κ1) is 29.2. The molecule has 2 atom stereocenters. The number of hydrogen-bond donors (Lipinski definition) is 2. The van der Waals surface area contributed by atoms with Gasteiger partial charge in [-0.25, -0.2) is 19.4 Å². The predicted octanol–water partition coefficient (Wildman–Crippen LogP) is 5.08. The first-order valence-electron chi connectivity index (χ1n) is 15.3. The van der Waals surface area contributed by atoms with Crippen LogP contribution < -0.4 is 15.5 Å². The maximum absolute atomic E-state index is 13.2. The van der Waals surface area contributed by atoms with Crippen molar-refractivity contribution in [2.75, 3.05) is 23.3 Å². The van der Waals surface area contributed by atoms with E-state index >= 15 is 0 Å². The molecular weight excluding hydrogens is 582 g/mol. The number of piperazine rings is 1. The van der Waals surface area contributed by atoms with Gasteiger partial charge in [-0.15, -0.1) is 5.10 Å². The number of carbonyl (C=O) groups excluding carboxylic acids is 2. The van der Waals surface area contributed by atoms with E-state index in [0.717, 1.165) is 34.4 Å². The molecule has 2 aliphatic rings. The fourth-order valence-electron chi connectivity index (χ4n) is 6.10. The minimum atomic E-state index is -0.537. The van der Waals surface area contributed by atoms with Gasteiger partial charge in [0.05, 0.1) is 29.5 Å². The summed E-state index contributed by atoms with van der Waals surface area (Å²) in [6, 6.07) is 19.4. The van der Waals surface area contributed by atoms with E-state index in [2.05, 4.69) is 25.5 Å². The third-order valence-corrected chi connectivity index (χ3v) is 8.19. The molecule has 3 aromatic heterocycles. The molecule has 5 aromatic rings. The van der Waals surface area contributed by atoms with Gasteiger partial charge in [0.15, 0.2) is 5.82 Å². The zero-order chi connectivity index (χ0) is 31.8. The Morgan fingerprint density at radius 1 is 0.957 bits per heavy atom. The Kier molecular flexibility index (Phi) is 7.47. The first-order chi connectivity index (χ1) is 22.2. The fourth-order valence-corrected chi connectivity index (χ4v) is 6.10. The third kappa shape index (κ3) is 5.93. The summed E-state index contributed by atoms with van der Waals surface area (Å²) in [4.78, 5) is 43.3. The van der Waals surface area contributed by atoms with E-state index in [1.165, 1.54) is 0 Å². The Morgan fingerprint density at radius 3 is 2.54 bits per heavy atom. The summed E-state index contributed by atoms with van der Waals surface area (Å²) >= 11 is 0. The molecule has 46 heavy (non-hydrogen) atoms. The summed E-state index contributed by atoms with van der Waals surface area (Å²) in [6.07, 6.45) is 7.21. The largest absolute Gasteiger partial charge is 0.444 e. The molecule has 2 N–H and O–H groups in total. The maximum Gasteiger partial charge on any atom is 0.410 e. The molecule has 0 saturated carbocycles. The number of ether oxygens (including phenoxy) is 1. The Labute approximate surface area is 266 Å². The summed E-state index contributed by atoms with van der Waals surface area (Å²) in [5.41, 5.74) is 2.53. The molecule has 2 aromatic carbocycles. The minimum Gasteiger partial charge on any atom is -0.444 e. The molecule has 0 spiro atoms. The van der Waals surface area contributed by atoms with Crippen LogP contribution in [0.5, 0.6) is 0 Å². The smallest absolute Gasteiger partial charge is 0.410 e. The van der Waals surface area contributed by atoms with Crippen molar-refractivity contribution in [2.45, 2.75) is 51.4 Å². The van der Waals surface area contributed by atoms with Gasteiger partial charge in [0, 0.05) is 55.2 Å². The number of fused-ring (bicyclic) bond motifs is 3. The van der Waals surface area contributed by atoms with Crippen LogP contribution in [0.3, 0.4) is 0 Å². The van der Waals surface area contributed by atoms with E-state index < -0.39 is 5.60 Å². The van der Waals surface area contributed by atoms with E-state index in [-0.39, 0.29) is 24.1 Å². The van der Waals surface area contributed by atoms with Crippen molar-refractivity contribution in [1.29, 1.82) is 0 Å². The normalized spacial score (nSPS) is 17.4. The highest BCUT2D eigenvalue weighted by Crippen LogP contribution is 2.36. The molecule has 2 aliphatic heterocycles. The number of nitrogens with zero attached hydrogens (tertiary/aromatic N) is 7. The van der Waals surface area contributed by atoms with Gasteiger partial charge >= 0.3 is 6.09 Å². The lowest BCUT2D eigenvalue weighted by atomic mass is 10.1. The summed E-state index contributed by atoms with van der Waals surface area (Å²) in [6.45, 7) is 7.33. The summed E-state index contributed by atoms with van der Waals surface area (Å²) in [5, 5.41) is 12.0. The molecule has 2 saturated heterocycles. The van der Waals surface area contributed by atoms with Gasteiger partial charge in [0.25, 0.3) is 5.91 Å². The molecule has 0 radical (unpaired) electrons. The van der Waals surface area contributed by atoms with E-state index in [9.17, 15) is 9.59 Å². The first-order valence-corrected chi connectivity index (χ1v) is 15.3. The van der Waals surface area contributed by atoms with Crippen LogP contribution in [0.15, 0.2) is 85.5 Å². The van der Waals surface area contributed by atoms with Gasteiger partial charge in [-0.3, -0.25) is 9.78 Å². The Balaban J connectivity index is 1.18. The van der Waals surface area contributed by atoms with Crippen molar-refractivity contribution >= 4 is 40.4 Å². The molecular formula is C34H35N9O3. The van der Waals surface area contributed by atoms with Crippen molar-refractivity contribution in [1.82, 2.24) is 34.9 Å². The van der Waals surface area contributed by atoms with Gasteiger partial charge in [-0.1, -0.05) is 30.3 Å². The number of rotatable bonds is 7. The number of amides is 2. The van der Waals surface area contributed by atoms with Crippen molar-refractivity contribution in [3.63, 3.8) is 0 Å². The highest BCUT2D eigenvalue weighted by molar-refractivity contribution is 6.01. The second kappa shape index (κ2) is 11.8. The van der Waals surface area contributed by atoms with Gasteiger partial charge in [-0.05, 0) is 57.0 Å².